The molecule has 0 saturated heterocycles. The zero-order chi connectivity index (χ0) is 28.2. The van der Waals surface area contributed by atoms with E-state index in [9.17, 15) is 18.7 Å². The highest BCUT2D eigenvalue weighted by Gasteiger charge is 2.32. The van der Waals surface area contributed by atoms with Crippen LogP contribution in [0.1, 0.15) is 75.0 Å². The summed E-state index contributed by atoms with van der Waals surface area (Å²) in [6.45, 7) is 0.00830. The van der Waals surface area contributed by atoms with Crippen molar-refractivity contribution in [1.29, 1.82) is 0 Å². The Hall–Kier alpha value is -3.26. The highest BCUT2D eigenvalue weighted by Crippen LogP contribution is 2.39. The quantitative estimate of drug-likeness (QED) is 0.324. The summed E-state index contributed by atoms with van der Waals surface area (Å²) in [4.78, 5) is 15.8. The first-order valence-electron chi connectivity index (χ1n) is 14.4. The first-order chi connectivity index (χ1) is 19.3. The SMILES string of the molecule is COc1ccc([C@H]2CC[C@H](CN(c3cccc(-c4cnn(C(F)F)c4)c3)C(=O)[C@H]3CC[C@H](O)CC3)CC2)cc1C. The number of amides is 1. The Balaban J connectivity index is 1.33. The zero-order valence-corrected chi connectivity index (χ0v) is 23.3. The van der Waals surface area contributed by atoms with Crippen LogP contribution in [0.2, 0.25) is 0 Å². The van der Waals surface area contributed by atoms with Gasteiger partial charge in [0.15, 0.2) is 0 Å². The number of hydrogen-bond acceptors (Lipinski definition) is 4. The van der Waals surface area contributed by atoms with Gasteiger partial charge in [0.25, 0.3) is 0 Å². The van der Waals surface area contributed by atoms with Crippen molar-refractivity contribution < 1.29 is 23.4 Å². The second-order valence-corrected chi connectivity index (χ2v) is 11.4. The number of aliphatic hydroxyl groups is 1. The summed E-state index contributed by atoms with van der Waals surface area (Å²) in [6.07, 6.45) is 9.29. The van der Waals surface area contributed by atoms with Gasteiger partial charge in [-0.05, 0) is 105 Å². The number of benzene rings is 2. The average Bonchev–Trinajstić information content (AvgIpc) is 3.47. The normalized spacial score (nSPS) is 23.2. The van der Waals surface area contributed by atoms with Crippen LogP contribution in [0.25, 0.3) is 11.1 Å². The number of halogens is 2. The number of rotatable bonds is 8. The van der Waals surface area contributed by atoms with Crippen LogP contribution in [0, 0.1) is 18.8 Å². The monoisotopic (exact) mass is 551 g/mol. The number of carbonyl (C=O) groups is 1. The van der Waals surface area contributed by atoms with E-state index in [0.29, 0.717) is 54.3 Å². The maximum atomic E-state index is 13.9. The lowest BCUT2D eigenvalue weighted by Crippen LogP contribution is -2.41. The number of alkyl halides is 2. The Bertz CT molecular complexity index is 1290. The van der Waals surface area contributed by atoms with E-state index in [1.54, 1.807) is 7.11 Å². The Morgan fingerprint density at radius 3 is 2.45 bits per heavy atom. The molecule has 2 saturated carbocycles. The maximum Gasteiger partial charge on any atom is 0.333 e. The number of aliphatic hydroxyl groups excluding tert-OH is 1. The predicted molar refractivity (Wildman–Crippen MR) is 152 cm³/mol. The molecule has 0 spiro atoms. The van der Waals surface area contributed by atoms with Crippen LogP contribution in [0.3, 0.4) is 0 Å². The first kappa shape index (κ1) is 28.3. The van der Waals surface area contributed by atoms with Crippen LogP contribution in [0.4, 0.5) is 14.5 Å². The molecule has 0 atom stereocenters. The first-order valence-corrected chi connectivity index (χ1v) is 14.4. The summed E-state index contributed by atoms with van der Waals surface area (Å²) in [7, 11) is 1.70. The second-order valence-electron chi connectivity index (χ2n) is 11.4. The van der Waals surface area contributed by atoms with Gasteiger partial charge in [-0.25, -0.2) is 4.68 Å². The van der Waals surface area contributed by atoms with Gasteiger partial charge in [0.05, 0.1) is 19.4 Å². The summed E-state index contributed by atoms with van der Waals surface area (Å²) < 4.78 is 32.3. The summed E-state index contributed by atoms with van der Waals surface area (Å²) in [5.74, 6) is 1.76. The van der Waals surface area contributed by atoms with Crippen molar-refractivity contribution >= 4 is 11.6 Å². The molecule has 40 heavy (non-hydrogen) atoms. The van der Waals surface area contributed by atoms with Gasteiger partial charge in [0.1, 0.15) is 5.75 Å². The Morgan fingerprint density at radius 2 is 1.80 bits per heavy atom. The maximum absolute atomic E-state index is 13.9. The van der Waals surface area contributed by atoms with Crippen LogP contribution in [0.15, 0.2) is 54.9 Å². The van der Waals surface area contributed by atoms with Gasteiger partial charge in [-0.2, -0.15) is 13.9 Å². The molecule has 2 aliphatic rings. The fourth-order valence-electron chi connectivity index (χ4n) is 6.41. The molecular formula is C32H39F2N3O3. The third-order valence-electron chi connectivity index (χ3n) is 8.78. The number of aromatic nitrogens is 2. The highest BCUT2D eigenvalue weighted by molar-refractivity contribution is 5.95. The molecule has 0 bridgehead atoms. The molecule has 2 fully saturated rings. The van der Waals surface area contributed by atoms with Gasteiger partial charge < -0.3 is 14.7 Å². The third-order valence-corrected chi connectivity index (χ3v) is 8.78. The predicted octanol–water partition coefficient (Wildman–Crippen LogP) is 7.12. The van der Waals surface area contributed by atoms with Gasteiger partial charge in [-0.1, -0.05) is 24.3 Å². The molecule has 214 valence electrons. The molecule has 0 unspecified atom stereocenters. The minimum absolute atomic E-state index is 0.0974. The molecule has 1 amide bonds. The number of ether oxygens (including phenoxy) is 1. The van der Waals surface area contributed by atoms with Gasteiger partial charge in [0.2, 0.25) is 5.91 Å². The minimum atomic E-state index is -2.70. The molecule has 1 N–H and O–H groups in total. The molecule has 6 nitrogen and oxygen atoms in total. The van der Waals surface area contributed by atoms with E-state index in [2.05, 4.69) is 30.2 Å². The van der Waals surface area contributed by atoms with Crippen LogP contribution in [0.5, 0.6) is 5.75 Å². The molecule has 3 aromatic rings. The lowest BCUT2D eigenvalue weighted by atomic mass is 9.78. The van der Waals surface area contributed by atoms with Crippen LogP contribution in [-0.4, -0.2) is 40.6 Å². The van der Waals surface area contributed by atoms with Crippen molar-refractivity contribution in [2.45, 2.75) is 76.9 Å². The molecule has 1 aromatic heterocycles. The van der Waals surface area contributed by atoms with Crippen LogP contribution in [-0.2, 0) is 4.79 Å². The Kier molecular flexibility index (Phi) is 8.84. The number of hydrogen-bond donors (Lipinski definition) is 1. The fourth-order valence-corrected chi connectivity index (χ4v) is 6.41. The van der Waals surface area contributed by atoms with E-state index in [1.807, 2.05) is 29.2 Å². The molecular weight excluding hydrogens is 512 g/mol. The average molecular weight is 552 g/mol. The number of aryl methyl sites for hydroxylation is 1. The second kappa shape index (κ2) is 12.5. The van der Waals surface area contributed by atoms with Gasteiger partial charge in [0, 0.05) is 29.9 Å². The summed E-state index contributed by atoms with van der Waals surface area (Å²) in [5.41, 5.74) is 4.62. The summed E-state index contributed by atoms with van der Waals surface area (Å²) >= 11 is 0. The zero-order valence-electron chi connectivity index (χ0n) is 23.3. The van der Waals surface area contributed by atoms with E-state index in [0.717, 1.165) is 48.2 Å². The molecule has 0 aliphatic heterocycles. The molecule has 0 radical (unpaired) electrons. The lowest BCUT2D eigenvalue weighted by molar-refractivity contribution is -0.124. The molecule has 2 aliphatic carbocycles. The highest BCUT2D eigenvalue weighted by atomic mass is 19.3. The van der Waals surface area contributed by atoms with Crippen molar-refractivity contribution in [3.8, 4) is 16.9 Å². The number of carbonyl (C=O) groups excluding carboxylic acids is 1. The van der Waals surface area contributed by atoms with Crippen molar-refractivity contribution in [2.24, 2.45) is 11.8 Å². The van der Waals surface area contributed by atoms with Crippen molar-refractivity contribution in [3.63, 3.8) is 0 Å². The molecule has 8 heteroatoms. The molecule has 1 heterocycles. The number of methoxy groups -OCH3 is 1. The summed E-state index contributed by atoms with van der Waals surface area (Å²) in [5, 5.41) is 13.8. The minimum Gasteiger partial charge on any atom is -0.496 e. The molecule has 2 aromatic carbocycles. The standard InChI is InChI=1S/C32H39F2N3O3/c1-21-16-26(12-15-30(21)40-2)23-8-6-22(7-9-23)19-36(31(39)24-10-13-29(38)14-11-24)28-5-3-4-25(17-28)27-18-35-37(20-27)32(33)34/h3-5,12,15-18,20,22-24,29,32,38H,6-11,13-14,19H2,1-2H3/t22-,23-,24-,29-. The largest absolute Gasteiger partial charge is 0.496 e. The Labute approximate surface area is 235 Å². The molecule has 5 rings (SSSR count). The van der Waals surface area contributed by atoms with E-state index in [1.165, 1.54) is 18.0 Å². The van der Waals surface area contributed by atoms with Gasteiger partial charge >= 0.3 is 6.55 Å². The van der Waals surface area contributed by atoms with Crippen molar-refractivity contribution in [3.05, 3.63) is 66.0 Å². The van der Waals surface area contributed by atoms with Crippen molar-refractivity contribution in [2.75, 3.05) is 18.6 Å². The Morgan fingerprint density at radius 1 is 1.05 bits per heavy atom. The lowest BCUT2D eigenvalue weighted by Gasteiger charge is -2.36. The van der Waals surface area contributed by atoms with Gasteiger partial charge in [-0.3, -0.25) is 4.79 Å². The number of anilines is 1. The number of nitrogens with zero attached hydrogens (tertiary/aromatic N) is 3. The van der Waals surface area contributed by atoms with E-state index in [4.69, 9.17) is 4.74 Å². The third kappa shape index (κ3) is 6.38. The topological polar surface area (TPSA) is 67.6 Å². The van der Waals surface area contributed by atoms with E-state index < -0.39 is 6.55 Å². The van der Waals surface area contributed by atoms with E-state index >= 15 is 0 Å². The smallest absolute Gasteiger partial charge is 0.333 e. The van der Waals surface area contributed by atoms with Crippen molar-refractivity contribution in [1.82, 2.24) is 9.78 Å². The fraction of sp³-hybridized carbons (Fsp3) is 0.500. The van der Waals surface area contributed by atoms with Crippen LogP contribution < -0.4 is 9.64 Å². The van der Waals surface area contributed by atoms with Crippen LogP contribution >= 0.6 is 0 Å². The summed E-state index contributed by atoms with van der Waals surface area (Å²) in [6, 6.07) is 14.0. The van der Waals surface area contributed by atoms with E-state index in [-0.39, 0.29) is 17.9 Å². The van der Waals surface area contributed by atoms with Gasteiger partial charge in [-0.15, -0.1) is 0 Å².